The molecule has 0 aliphatic carbocycles. The van der Waals surface area contributed by atoms with E-state index in [2.05, 4.69) is 26.3 Å². The number of nitrogens with zero attached hydrogens (tertiary/aromatic N) is 2. The Bertz CT molecular complexity index is 628. The molecule has 0 atom stereocenters. The van der Waals surface area contributed by atoms with Gasteiger partial charge in [-0.15, -0.1) is 0 Å². The summed E-state index contributed by atoms with van der Waals surface area (Å²) in [5.41, 5.74) is 5.90. The van der Waals surface area contributed by atoms with E-state index in [0.717, 1.165) is 10.2 Å². The molecule has 21 heavy (non-hydrogen) atoms. The van der Waals surface area contributed by atoms with Crippen LogP contribution in [0.3, 0.4) is 0 Å². The van der Waals surface area contributed by atoms with Gasteiger partial charge in [0.1, 0.15) is 12.4 Å². The number of hydrogen-bond donors (Lipinski definition) is 2. The lowest BCUT2D eigenvalue weighted by atomic mass is 10.3. The second-order valence-electron chi connectivity index (χ2n) is 4.32. The lowest BCUT2D eigenvalue weighted by Crippen LogP contribution is -2.25. The maximum Gasteiger partial charge on any atom is 0.268 e. The van der Waals surface area contributed by atoms with Crippen molar-refractivity contribution in [2.75, 3.05) is 25.0 Å². The first-order chi connectivity index (χ1) is 10.2. The number of nitrogens with two attached hydrogens (primary N) is 1. The standard InChI is InChI=1S/C14H17BrN4O2/c15-11-1-3-13(4-2-11)21-8-7-19-14(20)9-12(10-18-19)17-6-5-16/h1-4,9-10,17H,5-8,16H2. The van der Waals surface area contributed by atoms with Crippen molar-refractivity contribution in [1.82, 2.24) is 9.78 Å². The molecule has 0 fully saturated rings. The van der Waals surface area contributed by atoms with Gasteiger partial charge in [-0.1, -0.05) is 15.9 Å². The minimum absolute atomic E-state index is 0.170. The molecule has 7 heteroatoms. The number of ether oxygens (including phenoxy) is 1. The first kappa shape index (κ1) is 15.5. The molecular formula is C14H17BrN4O2. The molecule has 1 heterocycles. The average molecular weight is 353 g/mol. The van der Waals surface area contributed by atoms with Gasteiger partial charge in [-0.3, -0.25) is 4.79 Å². The first-order valence-electron chi connectivity index (χ1n) is 6.58. The molecule has 0 spiro atoms. The lowest BCUT2D eigenvalue weighted by Gasteiger charge is -2.09. The molecular weight excluding hydrogens is 336 g/mol. The number of hydrogen-bond acceptors (Lipinski definition) is 5. The van der Waals surface area contributed by atoms with E-state index in [1.165, 1.54) is 10.7 Å². The Labute approximate surface area is 131 Å². The highest BCUT2D eigenvalue weighted by molar-refractivity contribution is 9.10. The van der Waals surface area contributed by atoms with Gasteiger partial charge in [0.05, 0.1) is 18.4 Å². The summed E-state index contributed by atoms with van der Waals surface area (Å²) in [5, 5.41) is 7.10. The highest BCUT2D eigenvalue weighted by Gasteiger charge is 2.01. The van der Waals surface area contributed by atoms with Crippen molar-refractivity contribution in [2.24, 2.45) is 5.73 Å². The van der Waals surface area contributed by atoms with Gasteiger partial charge in [0.25, 0.3) is 5.56 Å². The first-order valence-corrected chi connectivity index (χ1v) is 7.38. The van der Waals surface area contributed by atoms with Crippen LogP contribution in [-0.2, 0) is 6.54 Å². The fourth-order valence-electron chi connectivity index (χ4n) is 1.70. The van der Waals surface area contributed by atoms with Gasteiger partial charge in [-0.25, -0.2) is 4.68 Å². The van der Waals surface area contributed by atoms with E-state index in [1.54, 1.807) is 6.20 Å². The molecule has 0 aliphatic heterocycles. The highest BCUT2D eigenvalue weighted by atomic mass is 79.9. The number of nitrogens with one attached hydrogen (secondary N) is 1. The summed E-state index contributed by atoms with van der Waals surface area (Å²) in [6, 6.07) is 9.03. The Morgan fingerprint density at radius 1 is 1.33 bits per heavy atom. The van der Waals surface area contributed by atoms with Crippen molar-refractivity contribution >= 4 is 21.6 Å². The molecule has 2 rings (SSSR count). The molecule has 0 radical (unpaired) electrons. The van der Waals surface area contributed by atoms with E-state index in [-0.39, 0.29) is 5.56 Å². The zero-order chi connectivity index (χ0) is 15.1. The monoisotopic (exact) mass is 352 g/mol. The molecule has 0 bridgehead atoms. The molecule has 0 saturated carbocycles. The molecule has 0 saturated heterocycles. The molecule has 2 aromatic rings. The van der Waals surface area contributed by atoms with Crippen LogP contribution in [-0.4, -0.2) is 29.5 Å². The Hall–Kier alpha value is -1.86. The molecule has 0 amide bonds. The average Bonchev–Trinajstić information content (AvgIpc) is 2.49. The van der Waals surface area contributed by atoms with E-state index >= 15 is 0 Å². The molecule has 1 aromatic carbocycles. The maximum atomic E-state index is 11.9. The van der Waals surface area contributed by atoms with E-state index in [0.29, 0.717) is 31.9 Å². The van der Waals surface area contributed by atoms with Crippen LogP contribution in [0.5, 0.6) is 5.75 Å². The van der Waals surface area contributed by atoms with Crippen LogP contribution in [0.2, 0.25) is 0 Å². The van der Waals surface area contributed by atoms with Crippen molar-refractivity contribution in [3.8, 4) is 5.75 Å². The minimum Gasteiger partial charge on any atom is -0.492 e. The Morgan fingerprint density at radius 2 is 2.10 bits per heavy atom. The fourth-order valence-corrected chi connectivity index (χ4v) is 1.96. The van der Waals surface area contributed by atoms with Gasteiger partial charge >= 0.3 is 0 Å². The fraction of sp³-hybridized carbons (Fsp3) is 0.286. The van der Waals surface area contributed by atoms with Crippen LogP contribution in [0, 0.1) is 0 Å². The van der Waals surface area contributed by atoms with E-state index in [1.807, 2.05) is 24.3 Å². The zero-order valence-electron chi connectivity index (χ0n) is 11.5. The number of benzene rings is 1. The van der Waals surface area contributed by atoms with Crippen LogP contribution in [0.4, 0.5) is 5.69 Å². The van der Waals surface area contributed by atoms with Crippen LogP contribution < -0.4 is 21.3 Å². The van der Waals surface area contributed by atoms with Crippen LogP contribution >= 0.6 is 15.9 Å². The zero-order valence-corrected chi connectivity index (χ0v) is 13.0. The summed E-state index contributed by atoms with van der Waals surface area (Å²) in [4.78, 5) is 11.9. The molecule has 6 nitrogen and oxygen atoms in total. The van der Waals surface area contributed by atoms with Crippen molar-refractivity contribution < 1.29 is 4.74 Å². The van der Waals surface area contributed by atoms with Crippen molar-refractivity contribution in [3.05, 3.63) is 51.4 Å². The topological polar surface area (TPSA) is 82.2 Å². The summed E-state index contributed by atoms with van der Waals surface area (Å²) < 4.78 is 7.92. The summed E-state index contributed by atoms with van der Waals surface area (Å²) in [6.45, 7) is 1.89. The second kappa shape index (κ2) is 7.80. The number of anilines is 1. The molecule has 112 valence electrons. The Morgan fingerprint density at radius 3 is 2.76 bits per heavy atom. The van der Waals surface area contributed by atoms with Crippen LogP contribution in [0.25, 0.3) is 0 Å². The van der Waals surface area contributed by atoms with E-state index in [4.69, 9.17) is 10.5 Å². The molecule has 0 aliphatic rings. The Kier molecular flexibility index (Phi) is 5.77. The number of aromatic nitrogens is 2. The molecule has 1 aromatic heterocycles. The van der Waals surface area contributed by atoms with E-state index in [9.17, 15) is 4.79 Å². The predicted molar refractivity (Wildman–Crippen MR) is 85.7 cm³/mol. The molecule has 0 unspecified atom stereocenters. The van der Waals surface area contributed by atoms with Gasteiger partial charge in [0, 0.05) is 23.6 Å². The summed E-state index contributed by atoms with van der Waals surface area (Å²) in [5.74, 6) is 0.757. The number of halogens is 1. The largest absolute Gasteiger partial charge is 0.492 e. The van der Waals surface area contributed by atoms with Gasteiger partial charge in [-0.05, 0) is 24.3 Å². The lowest BCUT2D eigenvalue weighted by molar-refractivity contribution is 0.288. The van der Waals surface area contributed by atoms with Crippen molar-refractivity contribution in [2.45, 2.75) is 6.54 Å². The normalized spacial score (nSPS) is 10.4. The third kappa shape index (κ3) is 4.87. The Balaban J connectivity index is 1.88. The predicted octanol–water partition coefficient (Wildman–Crippen LogP) is 1.46. The van der Waals surface area contributed by atoms with Crippen molar-refractivity contribution in [1.29, 1.82) is 0 Å². The van der Waals surface area contributed by atoms with Gasteiger partial charge in [-0.2, -0.15) is 5.10 Å². The maximum absolute atomic E-state index is 11.9. The molecule has 3 N–H and O–H groups in total. The van der Waals surface area contributed by atoms with Crippen LogP contribution in [0.1, 0.15) is 0 Å². The summed E-state index contributed by atoms with van der Waals surface area (Å²) in [6.07, 6.45) is 1.61. The smallest absolute Gasteiger partial charge is 0.268 e. The van der Waals surface area contributed by atoms with Crippen molar-refractivity contribution in [3.63, 3.8) is 0 Å². The third-order valence-corrected chi connectivity index (χ3v) is 3.26. The number of rotatable bonds is 7. The SMILES string of the molecule is NCCNc1cnn(CCOc2ccc(Br)cc2)c(=O)c1. The van der Waals surface area contributed by atoms with Crippen LogP contribution in [0.15, 0.2) is 45.8 Å². The second-order valence-corrected chi connectivity index (χ2v) is 5.24. The van der Waals surface area contributed by atoms with Gasteiger partial charge in [0.2, 0.25) is 0 Å². The van der Waals surface area contributed by atoms with E-state index < -0.39 is 0 Å². The van der Waals surface area contributed by atoms with Gasteiger partial charge < -0.3 is 15.8 Å². The minimum atomic E-state index is -0.170. The third-order valence-electron chi connectivity index (χ3n) is 2.73. The summed E-state index contributed by atoms with van der Waals surface area (Å²) in [7, 11) is 0. The summed E-state index contributed by atoms with van der Waals surface area (Å²) >= 11 is 3.36. The highest BCUT2D eigenvalue weighted by Crippen LogP contribution is 2.15. The quantitative estimate of drug-likeness (QED) is 0.788. The van der Waals surface area contributed by atoms with Gasteiger partial charge in [0.15, 0.2) is 0 Å².